The van der Waals surface area contributed by atoms with Crippen LogP contribution in [0.3, 0.4) is 0 Å². The van der Waals surface area contributed by atoms with Gasteiger partial charge in [-0.15, -0.1) is 0 Å². The van der Waals surface area contributed by atoms with E-state index in [0.717, 1.165) is 12.6 Å². The van der Waals surface area contributed by atoms with Crippen molar-refractivity contribution in [2.45, 2.75) is 32.8 Å². The Morgan fingerprint density at radius 2 is 1.79 bits per heavy atom. The molecule has 0 unspecified atom stereocenters. The highest BCUT2D eigenvalue weighted by Gasteiger charge is 2.33. The van der Waals surface area contributed by atoms with Gasteiger partial charge in [0, 0.05) is 19.0 Å². The van der Waals surface area contributed by atoms with Crippen LogP contribution >= 0.6 is 0 Å². The third kappa shape index (κ3) is 5.95. The predicted octanol–water partition coefficient (Wildman–Crippen LogP) is 3.07. The smallest absolute Gasteiger partial charge is 0.423 e. The summed E-state index contributed by atoms with van der Waals surface area (Å²) in [5.74, 6) is -0.0334. The molecule has 1 aliphatic heterocycles. The molecule has 0 aliphatic carbocycles. The van der Waals surface area contributed by atoms with Crippen LogP contribution < -0.4 is 18.9 Å². The van der Waals surface area contributed by atoms with E-state index in [-0.39, 0.29) is 23.6 Å². The summed E-state index contributed by atoms with van der Waals surface area (Å²) in [7, 11) is -3.33. The Morgan fingerprint density at radius 3 is 2.44 bits per heavy atom. The molecule has 2 N–H and O–H groups in total. The van der Waals surface area contributed by atoms with E-state index in [9.17, 15) is 22.8 Å². The van der Waals surface area contributed by atoms with Crippen molar-refractivity contribution in [3.63, 3.8) is 0 Å². The summed E-state index contributed by atoms with van der Waals surface area (Å²) in [6, 6.07) is 9.18. The van der Waals surface area contributed by atoms with E-state index in [2.05, 4.69) is 4.72 Å². The third-order valence-electron chi connectivity index (χ3n) is 4.70. The van der Waals surface area contributed by atoms with Crippen LogP contribution in [0, 0.1) is 0 Å². The normalized spacial score (nSPS) is 13.8. The number of rotatable bonds is 6. The van der Waals surface area contributed by atoms with E-state index in [4.69, 9.17) is 14.2 Å². The topological polar surface area (TPSA) is 140 Å². The molecular formula is C22H25N3O8S. The number of esters is 1. The fourth-order valence-electron chi connectivity index (χ4n) is 3.17. The molecule has 34 heavy (non-hydrogen) atoms. The third-order valence-corrected chi connectivity index (χ3v) is 5.65. The fraction of sp³-hybridized carbons (Fsp3) is 0.318. The number of anilines is 1. The molecule has 0 fully saturated rings. The maximum atomic E-state index is 12.4. The summed E-state index contributed by atoms with van der Waals surface area (Å²) in [4.78, 5) is 36.9. The molecule has 2 aromatic rings. The van der Waals surface area contributed by atoms with Crippen molar-refractivity contribution in [3.8, 4) is 11.5 Å². The first-order valence-corrected chi connectivity index (χ1v) is 11.8. The summed E-state index contributed by atoms with van der Waals surface area (Å²) in [5, 5.41) is 0. The number of benzene rings is 2. The lowest BCUT2D eigenvalue weighted by molar-refractivity contribution is 0.0526. The van der Waals surface area contributed by atoms with Crippen LogP contribution in [0.1, 0.15) is 36.7 Å². The summed E-state index contributed by atoms with van der Waals surface area (Å²) >= 11 is 0. The number of hydrogen-bond acceptors (Lipinski definition) is 8. The van der Waals surface area contributed by atoms with Gasteiger partial charge >= 0.3 is 28.3 Å². The number of ether oxygens (including phenoxy) is 3. The van der Waals surface area contributed by atoms with E-state index in [1.54, 1.807) is 17.7 Å². The molecule has 2 aromatic carbocycles. The highest BCUT2D eigenvalue weighted by atomic mass is 32.2. The Bertz CT molecular complexity index is 1210. The first-order chi connectivity index (χ1) is 15.9. The second-order valence-electron chi connectivity index (χ2n) is 8.02. The second-order valence-corrected chi connectivity index (χ2v) is 9.44. The SMILES string of the molecule is CCOC(=O)c1ccc(NS(=O)(=O)NC(=O)N(C)C(=O)Oc2cccc3c2OC(C)(C)C3)cc1. The lowest BCUT2D eigenvalue weighted by atomic mass is 10.0. The summed E-state index contributed by atoms with van der Waals surface area (Å²) in [5.41, 5.74) is 0.694. The first-order valence-electron chi connectivity index (χ1n) is 10.3. The van der Waals surface area contributed by atoms with Gasteiger partial charge in [0.15, 0.2) is 11.5 Å². The zero-order chi connectivity index (χ0) is 25.1. The first kappa shape index (κ1) is 24.8. The Hall–Kier alpha value is -3.80. The number of carbonyl (C=O) groups is 3. The minimum absolute atomic E-state index is 0.0817. The summed E-state index contributed by atoms with van der Waals surface area (Å²) in [6.07, 6.45) is -0.484. The molecule has 12 heteroatoms. The number of carbonyl (C=O) groups excluding carboxylic acids is 3. The molecule has 182 valence electrons. The van der Waals surface area contributed by atoms with Crippen LogP contribution in [0.15, 0.2) is 42.5 Å². The Morgan fingerprint density at radius 1 is 1.12 bits per heavy atom. The lowest BCUT2D eigenvalue weighted by Gasteiger charge is -2.19. The van der Waals surface area contributed by atoms with E-state index < -0.39 is 33.9 Å². The number of urea groups is 1. The molecule has 0 aromatic heterocycles. The minimum atomic E-state index is -4.39. The van der Waals surface area contributed by atoms with Crippen molar-refractivity contribution in [2.24, 2.45) is 0 Å². The molecule has 0 bridgehead atoms. The molecule has 1 aliphatic rings. The zero-order valence-corrected chi connectivity index (χ0v) is 19.9. The fourth-order valence-corrected chi connectivity index (χ4v) is 4.03. The van der Waals surface area contributed by atoms with Gasteiger partial charge in [0.2, 0.25) is 0 Å². The van der Waals surface area contributed by atoms with Gasteiger partial charge in [0.25, 0.3) is 0 Å². The van der Waals surface area contributed by atoms with Gasteiger partial charge in [-0.2, -0.15) is 8.42 Å². The van der Waals surface area contributed by atoms with Gasteiger partial charge < -0.3 is 14.2 Å². The van der Waals surface area contributed by atoms with Crippen molar-refractivity contribution in [2.75, 3.05) is 18.4 Å². The molecule has 0 saturated carbocycles. The van der Waals surface area contributed by atoms with E-state index >= 15 is 0 Å². The monoisotopic (exact) mass is 491 g/mol. The highest BCUT2D eigenvalue weighted by molar-refractivity contribution is 7.91. The van der Waals surface area contributed by atoms with Gasteiger partial charge in [0.1, 0.15) is 5.60 Å². The number of nitrogens with zero attached hydrogens (tertiary/aromatic N) is 1. The van der Waals surface area contributed by atoms with Crippen LogP contribution in [0.2, 0.25) is 0 Å². The van der Waals surface area contributed by atoms with Crippen molar-refractivity contribution >= 4 is 34.0 Å². The van der Waals surface area contributed by atoms with Crippen molar-refractivity contribution < 1.29 is 37.0 Å². The molecule has 3 amide bonds. The van der Waals surface area contributed by atoms with E-state index in [1.807, 2.05) is 19.9 Å². The Balaban J connectivity index is 1.61. The van der Waals surface area contributed by atoms with Crippen molar-refractivity contribution in [1.82, 2.24) is 9.62 Å². The van der Waals surface area contributed by atoms with Crippen LogP contribution in [-0.2, 0) is 21.4 Å². The number of para-hydroxylation sites is 1. The molecular weight excluding hydrogens is 466 g/mol. The van der Waals surface area contributed by atoms with E-state index in [1.165, 1.54) is 30.3 Å². The molecule has 0 atom stereocenters. The van der Waals surface area contributed by atoms with Crippen molar-refractivity contribution in [3.05, 3.63) is 53.6 Å². The lowest BCUT2D eigenvalue weighted by Crippen LogP contribution is -2.46. The number of nitrogens with one attached hydrogen (secondary N) is 2. The zero-order valence-electron chi connectivity index (χ0n) is 19.1. The molecule has 3 rings (SSSR count). The standard InChI is InChI=1S/C22H25N3O8S/c1-5-31-19(26)14-9-11-16(12-10-14)23-34(29,30)24-20(27)25(4)21(28)32-17-8-6-7-15-13-22(2,3)33-18(15)17/h6-12,23H,5,13H2,1-4H3,(H,24,27). The molecule has 0 saturated heterocycles. The number of fused-ring (bicyclic) bond motifs is 1. The van der Waals surface area contributed by atoms with Gasteiger partial charge in [-0.25, -0.2) is 24.0 Å². The Kier molecular flexibility index (Phi) is 7.01. The van der Waals surface area contributed by atoms with Crippen LogP contribution in [-0.4, -0.2) is 50.7 Å². The molecule has 11 nitrogen and oxygen atoms in total. The molecule has 0 radical (unpaired) electrons. The molecule has 1 heterocycles. The summed E-state index contributed by atoms with van der Waals surface area (Å²) < 4.78 is 44.4. The van der Waals surface area contributed by atoms with Gasteiger partial charge in [0.05, 0.1) is 17.9 Å². The summed E-state index contributed by atoms with van der Waals surface area (Å²) in [6.45, 7) is 5.64. The molecule has 0 spiro atoms. The quantitative estimate of drug-likeness (QED) is 0.588. The maximum absolute atomic E-state index is 12.4. The van der Waals surface area contributed by atoms with Gasteiger partial charge in [-0.3, -0.25) is 4.72 Å². The second kappa shape index (κ2) is 9.59. The largest absolute Gasteiger partial charge is 0.483 e. The van der Waals surface area contributed by atoms with Crippen LogP contribution in [0.25, 0.3) is 0 Å². The Labute approximate surface area is 197 Å². The maximum Gasteiger partial charge on any atom is 0.423 e. The van der Waals surface area contributed by atoms with Crippen molar-refractivity contribution in [1.29, 1.82) is 0 Å². The van der Waals surface area contributed by atoms with Gasteiger partial charge in [-0.1, -0.05) is 12.1 Å². The van der Waals surface area contributed by atoms with Crippen LogP contribution in [0.4, 0.5) is 15.3 Å². The number of amides is 3. The van der Waals surface area contributed by atoms with E-state index in [0.29, 0.717) is 17.1 Å². The predicted molar refractivity (Wildman–Crippen MR) is 122 cm³/mol. The highest BCUT2D eigenvalue weighted by Crippen LogP contribution is 2.41. The number of imide groups is 1. The average molecular weight is 492 g/mol. The van der Waals surface area contributed by atoms with Crippen LogP contribution in [0.5, 0.6) is 11.5 Å². The average Bonchev–Trinajstić information content (AvgIpc) is 3.08. The number of hydrogen-bond donors (Lipinski definition) is 2. The van der Waals surface area contributed by atoms with Gasteiger partial charge in [-0.05, 0) is 51.1 Å². The minimum Gasteiger partial charge on any atom is -0.483 e.